The largest absolute Gasteiger partial charge is 0.422 e. The molecule has 2 aromatic carbocycles. The summed E-state index contributed by atoms with van der Waals surface area (Å²) in [5.41, 5.74) is 0.240. The van der Waals surface area contributed by atoms with Crippen molar-refractivity contribution in [3.63, 3.8) is 0 Å². The SMILES string of the molecule is O=C(NCc1ccc(F)c(Cl)c1)c1cc2ccccc2oc1=O. The zero-order valence-corrected chi connectivity index (χ0v) is 12.6. The molecule has 1 N–H and O–H groups in total. The van der Waals surface area contributed by atoms with E-state index in [4.69, 9.17) is 16.0 Å². The van der Waals surface area contributed by atoms with Crippen molar-refractivity contribution in [3.05, 3.63) is 80.9 Å². The Labute approximate surface area is 135 Å². The maximum Gasteiger partial charge on any atom is 0.349 e. The number of fused-ring (bicyclic) bond motifs is 1. The number of hydrogen-bond acceptors (Lipinski definition) is 3. The van der Waals surface area contributed by atoms with E-state index in [2.05, 4.69) is 5.32 Å². The van der Waals surface area contributed by atoms with E-state index in [0.717, 1.165) is 0 Å². The maximum atomic E-state index is 13.1. The molecule has 4 nitrogen and oxygen atoms in total. The fourth-order valence-corrected chi connectivity index (χ4v) is 2.35. The quantitative estimate of drug-likeness (QED) is 0.747. The molecule has 0 atom stereocenters. The number of halogens is 2. The van der Waals surface area contributed by atoms with Crippen molar-refractivity contribution in [3.8, 4) is 0 Å². The lowest BCUT2D eigenvalue weighted by Crippen LogP contribution is -2.27. The first kappa shape index (κ1) is 15.2. The van der Waals surface area contributed by atoms with Crippen LogP contribution in [0.1, 0.15) is 15.9 Å². The van der Waals surface area contributed by atoms with Crippen molar-refractivity contribution >= 4 is 28.5 Å². The summed E-state index contributed by atoms with van der Waals surface area (Å²) >= 11 is 5.68. The third-order valence-electron chi connectivity index (χ3n) is 3.32. The zero-order valence-electron chi connectivity index (χ0n) is 11.8. The van der Waals surface area contributed by atoms with Crippen LogP contribution in [0.3, 0.4) is 0 Å². The van der Waals surface area contributed by atoms with E-state index in [1.807, 2.05) is 0 Å². The Morgan fingerprint density at radius 3 is 2.74 bits per heavy atom. The second-order valence-corrected chi connectivity index (χ2v) is 5.32. The third-order valence-corrected chi connectivity index (χ3v) is 3.61. The molecule has 0 saturated carbocycles. The summed E-state index contributed by atoms with van der Waals surface area (Å²) in [6.07, 6.45) is 0. The van der Waals surface area contributed by atoms with Crippen molar-refractivity contribution < 1.29 is 13.6 Å². The van der Waals surface area contributed by atoms with Crippen LogP contribution in [0.15, 0.2) is 57.7 Å². The smallest absolute Gasteiger partial charge is 0.349 e. The first-order chi connectivity index (χ1) is 11.0. The lowest BCUT2D eigenvalue weighted by atomic mass is 10.1. The van der Waals surface area contributed by atoms with Crippen molar-refractivity contribution in [2.24, 2.45) is 0 Å². The van der Waals surface area contributed by atoms with Gasteiger partial charge in [-0.05, 0) is 29.8 Å². The molecule has 0 spiro atoms. The normalized spacial score (nSPS) is 10.7. The Balaban J connectivity index is 1.81. The zero-order chi connectivity index (χ0) is 16.4. The van der Waals surface area contributed by atoms with Gasteiger partial charge in [-0.2, -0.15) is 0 Å². The molecule has 3 aromatic rings. The minimum Gasteiger partial charge on any atom is -0.422 e. The van der Waals surface area contributed by atoms with Crippen molar-refractivity contribution in [1.29, 1.82) is 0 Å². The first-order valence-electron chi connectivity index (χ1n) is 6.79. The number of amides is 1. The van der Waals surface area contributed by atoms with Crippen LogP contribution in [0.2, 0.25) is 5.02 Å². The molecule has 0 aliphatic carbocycles. The second kappa shape index (κ2) is 6.22. The minimum absolute atomic E-state index is 0.0260. The summed E-state index contributed by atoms with van der Waals surface area (Å²) in [6.45, 7) is 0.116. The molecule has 1 heterocycles. The lowest BCUT2D eigenvalue weighted by Gasteiger charge is -2.06. The van der Waals surface area contributed by atoms with E-state index in [1.165, 1.54) is 24.3 Å². The van der Waals surface area contributed by atoms with Gasteiger partial charge in [-0.25, -0.2) is 9.18 Å². The van der Waals surface area contributed by atoms with Gasteiger partial charge in [0.1, 0.15) is 17.0 Å². The molecular weight excluding hydrogens is 321 g/mol. The van der Waals surface area contributed by atoms with Crippen LogP contribution in [-0.2, 0) is 6.54 Å². The van der Waals surface area contributed by atoms with Gasteiger partial charge in [0.25, 0.3) is 5.91 Å². The Morgan fingerprint density at radius 2 is 1.96 bits per heavy atom. The van der Waals surface area contributed by atoms with Gasteiger partial charge >= 0.3 is 5.63 Å². The highest BCUT2D eigenvalue weighted by molar-refractivity contribution is 6.30. The molecule has 0 unspecified atom stereocenters. The van der Waals surface area contributed by atoms with E-state index in [9.17, 15) is 14.0 Å². The van der Waals surface area contributed by atoms with Gasteiger partial charge in [-0.3, -0.25) is 4.79 Å². The summed E-state index contributed by atoms with van der Waals surface area (Å²) in [4.78, 5) is 24.0. The van der Waals surface area contributed by atoms with Crippen LogP contribution in [-0.4, -0.2) is 5.91 Å². The summed E-state index contributed by atoms with van der Waals surface area (Å²) in [5, 5.41) is 3.22. The number of hydrogen-bond donors (Lipinski definition) is 1. The number of nitrogens with one attached hydrogen (secondary N) is 1. The predicted molar refractivity (Wildman–Crippen MR) is 85.1 cm³/mol. The van der Waals surface area contributed by atoms with Crippen LogP contribution in [0.25, 0.3) is 11.0 Å². The average Bonchev–Trinajstić information content (AvgIpc) is 2.55. The molecule has 3 rings (SSSR count). The van der Waals surface area contributed by atoms with Gasteiger partial charge < -0.3 is 9.73 Å². The molecule has 0 bridgehead atoms. The van der Waals surface area contributed by atoms with E-state index >= 15 is 0 Å². The van der Waals surface area contributed by atoms with Crippen molar-refractivity contribution in [2.75, 3.05) is 0 Å². The highest BCUT2D eigenvalue weighted by Crippen LogP contribution is 2.16. The number of carbonyl (C=O) groups excluding carboxylic acids is 1. The number of benzene rings is 2. The highest BCUT2D eigenvalue weighted by Gasteiger charge is 2.13. The Kier molecular flexibility index (Phi) is 4.12. The standard InChI is InChI=1S/C17H11ClFNO3/c18-13-7-10(5-6-14(13)19)9-20-16(21)12-8-11-3-1-2-4-15(11)23-17(12)22/h1-8H,9H2,(H,20,21). The molecule has 116 valence electrons. The fraction of sp³-hybridized carbons (Fsp3) is 0.0588. The Bertz CT molecular complexity index is 952. The average molecular weight is 332 g/mol. The van der Waals surface area contributed by atoms with E-state index in [1.54, 1.807) is 24.3 Å². The van der Waals surface area contributed by atoms with Gasteiger partial charge in [-0.1, -0.05) is 35.9 Å². The van der Waals surface area contributed by atoms with Gasteiger partial charge in [0.2, 0.25) is 0 Å². The van der Waals surface area contributed by atoms with Gasteiger partial charge in [0.15, 0.2) is 0 Å². The topological polar surface area (TPSA) is 59.3 Å². The Morgan fingerprint density at radius 1 is 1.17 bits per heavy atom. The summed E-state index contributed by atoms with van der Waals surface area (Å²) in [7, 11) is 0. The molecule has 1 amide bonds. The summed E-state index contributed by atoms with van der Waals surface area (Å²) < 4.78 is 18.2. The van der Waals surface area contributed by atoms with Crippen molar-refractivity contribution in [2.45, 2.75) is 6.54 Å². The molecule has 6 heteroatoms. The number of carbonyl (C=O) groups is 1. The molecule has 0 aliphatic heterocycles. The van der Waals surface area contributed by atoms with Crippen LogP contribution in [0.4, 0.5) is 4.39 Å². The molecule has 0 aliphatic rings. The number of para-hydroxylation sites is 1. The lowest BCUT2D eigenvalue weighted by molar-refractivity contribution is 0.0947. The first-order valence-corrected chi connectivity index (χ1v) is 7.17. The van der Waals surface area contributed by atoms with Crippen LogP contribution < -0.4 is 10.9 Å². The van der Waals surface area contributed by atoms with E-state index in [-0.39, 0.29) is 17.1 Å². The number of rotatable bonds is 3. The molecule has 0 radical (unpaired) electrons. The van der Waals surface area contributed by atoms with Crippen LogP contribution in [0, 0.1) is 5.82 Å². The van der Waals surface area contributed by atoms with Crippen LogP contribution in [0.5, 0.6) is 0 Å². The monoisotopic (exact) mass is 331 g/mol. The minimum atomic E-state index is -0.710. The van der Waals surface area contributed by atoms with Crippen LogP contribution >= 0.6 is 11.6 Å². The third kappa shape index (κ3) is 3.24. The molecule has 0 saturated heterocycles. The van der Waals surface area contributed by atoms with Crippen molar-refractivity contribution in [1.82, 2.24) is 5.32 Å². The molecule has 0 fully saturated rings. The van der Waals surface area contributed by atoms with E-state index in [0.29, 0.717) is 16.5 Å². The van der Waals surface area contributed by atoms with Gasteiger partial charge in [0.05, 0.1) is 5.02 Å². The molecular formula is C17H11ClFNO3. The maximum absolute atomic E-state index is 13.1. The predicted octanol–water partition coefficient (Wildman–Crippen LogP) is 3.52. The summed E-state index contributed by atoms with van der Waals surface area (Å²) in [5.74, 6) is -1.10. The van der Waals surface area contributed by atoms with E-state index < -0.39 is 17.3 Å². The highest BCUT2D eigenvalue weighted by atomic mass is 35.5. The molecule has 1 aromatic heterocycles. The second-order valence-electron chi connectivity index (χ2n) is 4.92. The Hall–Kier alpha value is -2.66. The summed E-state index contributed by atoms with van der Waals surface area (Å²) in [6, 6.07) is 12.5. The fourth-order valence-electron chi connectivity index (χ4n) is 2.15. The molecule has 23 heavy (non-hydrogen) atoms. The van der Waals surface area contributed by atoms with Gasteiger partial charge in [0, 0.05) is 11.9 Å². The van der Waals surface area contributed by atoms with Gasteiger partial charge in [-0.15, -0.1) is 0 Å².